The molecule has 4 rings (SSSR count). The third kappa shape index (κ3) is 3.08. The molecule has 0 radical (unpaired) electrons. The summed E-state index contributed by atoms with van der Waals surface area (Å²) >= 11 is 1.42. The number of nitrogens with zero attached hydrogens (tertiary/aromatic N) is 1. The van der Waals surface area contributed by atoms with Crippen LogP contribution >= 0.6 is 11.8 Å². The zero-order chi connectivity index (χ0) is 17.4. The zero-order valence-corrected chi connectivity index (χ0v) is 14.3. The molecule has 2 aromatic carbocycles. The van der Waals surface area contributed by atoms with Gasteiger partial charge in [0.1, 0.15) is 0 Å². The van der Waals surface area contributed by atoms with Crippen LogP contribution in [0, 0.1) is 6.92 Å². The molecule has 6 heteroatoms. The van der Waals surface area contributed by atoms with E-state index in [1.54, 1.807) is 18.2 Å². The standard InChI is InChI=1S/C19H15N3O2S/c1-11-8-18(20-14-5-3-2-4-13(11)14)25-10-17(23)12-6-7-15-16(9-12)22-19(24)21-15/h2-9H,10H2,1H3,(H2,21,22,24). The largest absolute Gasteiger partial charge is 0.323 e. The molecule has 2 aromatic heterocycles. The van der Waals surface area contributed by atoms with Crippen LogP contribution in [0.15, 0.2) is 58.4 Å². The van der Waals surface area contributed by atoms with Gasteiger partial charge in [0.15, 0.2) is 5.78 Å². The van der Waals surface area contributed by atoms with Crippen molar-refractivity contribution in [2.75, 3.05) is 5.75 Å². The number of aryl methyl sites for hydroxylation is 1. The Hall–Kier alpha value is -2.86. The van der Waals surface area contributed by atoms with Crippen LogP contribution in [0.2, 0.25) is 0 Å². The molecular formula is C19H15N3O2S. The third-order valence-corrected chi connectivity index (χ3v) is 5.00. The number of imidazole rings is 1. The number of aromatic nitrogens is 3. The van der Waals surface area contributed by atoms with Crippen molar-refractivity contribution >= 4 is 39.5 Å². The van der Waals surface area contributed by atoms with E-state index in [9.17, 15) is 9.59 Å². The smallest absolute Gasteiger partial charge is 0.306 e. The fraction of sp³-hybridized carbons (Fsp3) is 0.105. The van der Waals surface area contributed by atoms with Crippen molar-refractivity contribution in [2.45, 2.75) is 11.9 Å². The van der Waals surface area contributed by atoms with Gasteiger partial charge in [0.25, 0.3) is 0 Å². The second-order valence-corrected chi connectivity index (χ2v) is 6.84. The van der Waals surface area contributed by atoms with Crippen LogP contribution in [0.5, 0.6) is 0 Å². The predicted octanol–water partition coefficient (Wildman–Crippen LogP) is 3.69. The summed E-state index contributed by atoms with van der Waals surface area (Å²) in [4.78, 5) is 33.7. The monoisotopic (exact) mass is 349 g/mol. The predicted molar refractivity (Wildman–Crippen MR) is 100 cm³/mol. The number of ketones is 1. The Morgan fingerprint density at radius 3 is 2.76 bits per heavy atom. The summed E-state index contributed by atoms with van der Waals surface area (Å²) in [5.74, 6) is 0.298. The number of aromatic amines is 2. The summed E-state index contributed by atoms with van der Waals surface area (Å²) in [6, 6.07) is 15.2. The van der Waals surface area contributed by atoms with Crippen molar-refractivity contribution in [3.05, 3.63) is 70.1 Å². The van der Waals surface area contributed by atoms with Gasteiger partial charge < -0.3 is 9.97 Å². The molecule has 0 aliphatic rings. The van der Waals surface area contributed by atoms with E-state index in [0.717, 1.165) is 21.5 Å². The molecule has 2 heterocycles. The molecular weight excluding hydrogens is 334 g/mol. The van der Waals surface area contributed by atoms with E-state index in [1.807, 2.05) is 37.3 Å². The van der Waals surface area contributed by atoms with E-state index >= 15 is 0 Å². The topological polar surface area (TPSA) is 78.6 Å². The number of rotatable bonds is 4. The second kappa shape index (κ2) is 6.22. The van der Waals surface area contributed by atoms with Crippen LogP contribution in [0.3, 0.4) is 0 Å². The van der Waals surface area contributed by atoms with Crippen molar-refractivity contribution in [3.8, 4) is 0 Å². The summed E-state index contributed by atoms with van der Waals surface area (Å²) in [7, 11) is 0. The molecule has 0 saturated carbocycles. The number of hydrogen-bond donors (Lipinski definition) is 2. The number of Topliss-reactive ketones (excluding diaryl/α,β-unsaturated/α-hetero) is 1. The minimum Gasteiger partial charge on any atom is -0.306 e. The number of nitrogens with one attached hydrogen (secondary N) is 2. The van der Waals surface area contributed by atoms with Gasteiger partial charge >= 0.3 is 5.69 Å². The SMILES string of the molecule is Cc1cc(SCC(=O)c2ccc3[nH]c(=O)[nH]c3c2)nc2ccccc12. The quantitative estimate of drug-likeness (QED) is 0.435. The highest BCUT2D eigenvalue weighted by molar-refractivity contribution is 7.99. The lowest BCUT2D eigenvalue weighted by molar-refractivity contribution is 0.102. The minimum absolute atomic E-state index is 0.00145. The molecule has 0 unspecified atom stereocenters. The van der Waals surface area contributed by atoms with Crippen LogP contribution < -0.4 is 5.69 Å². The molecule has 124 valence electrons. The molecule has 0 bridgehead atoms. The van der Waals surface area contributed by atoms with Crippen LogP contribution in [0.1, 0.15) is 15.9 Å². The normalized spacial score (nSPS) is 11.2. The summed E-state index contributed by atoms with van der Waals surface area (Å²) in [6.45, 7) is 2.05. The van der Waals surface area contributed by atoms with Crippen LogP contribution in [-0.4, -0.2) is 26.5 Å². The van der Waals surface area contributed by atoms with E-state index in [2.05, 4.69) is 15.0 Å². The maximum Gasteiger partial charge on any atom is 0.323 e. The highest BCUT2D eigenvalue weighted by Crippen LogP contribution is 2.24. The van der Waals surface area contributed by atoms with Gasteiger partial charge in [-0.05, 0) is 42.8 Å². The maximum atomic E-state index is 12.5. The van der Waals surface area contributed by atoms with Crippen molar-refractivity contribution in [3.63, 3.8) is 0 Å². The number of H-pyrrole nitrogens is 2. The van der Waals surface area contributed by atoms with E-state index in [4.69, 9.17) is 0 Å². The third-order valence-electron chi connectivity index (χ3n) is 4.09. The van der Waals surface area contributed by atoms with Gasteiger partial charge in [0, 0.05) is 10.9 Å². The molecule has 25 heavy (non-hydrogen) atoms. The highest BCUT2D eigenvalue weighted by atomic mass is 32.2. The summed E-state index contributed by atoms with van der Waals surface area (Å²) in [5.41, 5.74) is 3.72. The summed E-state index contributed by atoms with van der Waals surface area (Å²) in [5, 5.41) is 1.96. The Balaban J connectivity index is 1.55. The minimum atomic E-state index is -0.273. The first-order valence-electron chi connectivity index (χ1n) is 7.84. The number of hydrogen-bond acceptors (Lipinski definition) is 4. The Labute approximate surface area is 147 Å². The average Bonchev–Trinajstić information content (AvgIpc) is 2.99. The summed E-state index contributed by atoms with van der Waals surface area (Å²) in [6.07, 6.45) is 0. The van der Waals surface area contributed by atoms with Crippen molar-refractivity contribution in [1.29, 1.82) is 0 Å². The number of para-hydroxylation sites is 1. The number of carbonyl (C=O) groups is 1. The molecule has 4 aromatic rings. The number of fused-ring (bicyclic) bond motifs is 2. The van der Waals surface area contributed by atoms with Gasteiger partial charge in [0.2, 0.25) is 0 Å². The first-order valence-corrected chi connectivity index (χ1v) is 8.83. The molecule has 5 nitrogen and oxygen atoms in total. The lowest BCUT2D eigenvalue weighted by Gasteiger charge is -2.06. The van der Waals surface area contributed by atoms with E-state index < -0.39 is 0 Å². The van der Waals surface area contributed by atoms with E-state index in [0.29, 0.717) is 22.3 Å². The molecule has 0 aliphatic carbocycles. The lowest BCUT2D eigenvalue weighted by atomic mass is 10.1. The number of carbonyl (C=O) groups excluding carboxylic acids is 1. The Morgan fingerprint density at radius 2 is 1.88 bits per heavy atom. The van der Waals surface area contributed by atoms with Crippen LogP contribution in [0.4, 0.5) is 0 Å². The van der Waals surface area contributed by atoms with Crippen molar-refractivity contribution < 1.29 is 4.79 Å². The Bertz CT molecular complexity index is 1160. The molecule has 0 aliphatic heterocycles. The zero-order valence-electron chi connectivity index (χ0n) is 13.5. The van der Waals surface area contributed by atoms with Crippen LogP contribution in [-0.2, 0) is 0 Å². The van der Waals surface area contributed by atoms with Crippen molar-refractivity contribution in [2.24, 2.45) is 0 Å². The average molecular weight is 349 g/mol. The van der Waals surface area contributed by atoms with Gasteiger partial charge in [-0.3, -0.25) is 4.79 Å². The van der Waals surface area contributed by atoms with E-state index in [-0.39, 0.29) is 11.5 Å². The summed E-state index contributed by atoms with van der Waals surface area (Å²) < 4.78 is 0. The molecule has 0 amide bonds. The lowest BCUT2D eigenvalue weighted by Crippen LogP contribution is -2.02. The molecule has 0 spiro atoms. The number of pyridine rings is 1. The molecule has 0 atom stereocenters. The van der Waals surface area contributed by atoms with Gasteiger partial charge in [-0.15, -0.1) is 0 Å². The van der Waals surface area contributed by atoms with Gasteiger partial charge in [-0.2, -0.15) is 0 Å². The Morgan fingerprint density at radius 1 is 1.08 bits per heavy atom. The second-order valence-electron chi connectivity index (χ2n) is 5.85. The van der Waals surface area contributed by atoms with E-state index in [1.165, 1.54) is 11.8 Å². The first-order chi connectivity index (χ1) is 12.1. The fourth-order valence-electron chi connectivity index (χ4n) is 2.82. The van der Waals surface area contributed by atoms with Gasteiger partial charge in [0.05, 0.1) is 27.3 Å². The molecule has 0 saturated heterocycles. The van der Waals surface area contributed by atoms with Crippen LogP contribution in [0.25, 0.3) is 21.9 Å². The van der Waals surface area contributed by atoms with Gasteiger partial charge in [-0.1, -0.05) is 30.0 Å². The van der Waals surface area contributed by atoms with Gasteiger partial charge in [-0.25, -0.2) is 9.78 Å². The molecule has 2 N–H and O–H groups in total. The highest BCUT2D eigenvalue weighted by Gasteiger charge is 2.10. The Kier molecular flexibility index (Phi) is 3.89. The number of thioether (sulfide) groups is 1. The maximum absolute atomic E-state index is 12.5. The fourth-order valence-corrected chi connectivity index (χ4v) is 3.69. The van der Waals surface area contributed by atoms with Crippen molar-refractivity contribution in [1.82, 2.24) is 15.0 Å². The molecule has 0 fully saturated rings. The first kappa shape index (κ1) is 15.7. The number of benzene rings is 2.